The van der Waals surface area contributed by atoms with E-state index in [-0.39, 0.29) is 17.2 Å². The predicted molar refractivity (Wildman–Crippen MR) is 83.9 cm³/mol. The number of carboxylic acids is 1. The van der Waals surface area contributed by atoms with E-state index in [9.17, 15) is 9.59 Å². The number of carboxylic acid groups (broad SMARTS) is 1. The van der Waals surface area contributed by atoms with Gasteiger partial charge in [0.15, 0.2) is 0 Å². The number of nitrogens with one attached hydrogen (secondary N) is 1. The topological polar surface area (TPSA) is 66.4 Å². The van der Waals surface area contributed by atoms with Gasteiger partial charge in [-0.25, -0.2) is 0 Å². The van der Waals surface area contributed by atoms with Crippen LogP contribution >= 0.6 is 0 Å². The lowest BCUT2D eigenvalue weighted by Gasteiger charge is -2.26. The molecule has 0 aliphatic heterocycles. The smallest absolute Gasteiger partial charge is 0.306 e. The van der Waals surface area contributed by atoms with Crippen molar-refractivity contribution in [1.82, 2.24) is 5.32 Å². The van der Waals surface area contributed by atoms with E-state index in [4.69, 9.17) is 5.11 Å². The molecule has 1 atom stereocenters. The highest BCUT2D eigenvalue weighted by molar-refractivity contribution is 5.76. The first kappa shape index (κ1) is 18.0. The molecule has 1 fully saturated rings. The van der Waals surface area contributed by atoms with Gasteiger partial charge in [-0.3, -0.25) is 9.59 Å². The van der Waals surface area contributed by atoms with Crippen LogP contribution in [0.5, 0.6) is 0 Å². The molecule has 0 heterocycles. The van der Waals surface area contributed by atoms with Crippen molar-refractivity contribution in [3.63, 3.8) is 0 Å². The molecule has 1 rings (SSSR count). The number of carbonyl (C=O) groups excluding carboxylic acids is 1. The van der Waals surface area contributed by atoms with E-state index < -0.39 is 5.97 Å². The molecule has 1 amide bonds. The van der Waals surface area contributed by atoms with Crippen molar-refractivity contribution in [2.24, 2.45) is 23.2 Å². The molecule has 122 valence electrons. The molecule has 0 aromatic rings. The lowest BCUT2D eigenvalue weighted by atomic mass is 9.82. The molecule has 21 heavy (non-hydrogen) atoms. The van der Waals surface area contributed by atoms with Crippen LogP contribution in [0.2, 0.25) is 0 Å². The average Bonchev–Trinajstić information content (AvgIpc) is 2.34. The van der Waals surface area contributed by atoms with Gasteiger partial charge < -0.3 is 10.4 Å². The third-order valence-corrected chi connectivity index (χ3v) is 4.28. The Balaban J connectivity index is 2.21. The highest BCUT2D eigenvalue weighted by Gasteiger charge is 2.26. The standard InChI is InChI=1S/C17H31NO3/c1-12(10-17(2,3)4)9-15(19)18-11-13-5-7-14(8-6-13)16(20)21/h12-14H,5-11H2,1-4H3,(H,18,19)(H,20,21). The van der Waals surface area contributed by atoms with Gasteiger partial charge >= 0.3 is 5.97 Å². The fourth-order valence-electron chi connectivity index (χ4n) is 3.38. The minimum atomic E-state index is -0.673. The van der Waals surface area contributed by atoms with Gasteiger partial charge in [-0.15, -0.1) is 0 Å². The van der Waals surface area contributed by atoms with E-state index in [1.165, 1.54) is 0 Å². The molecule has 0 saturated heterocycles. The number of aliphatic carboxylic acids is 1. The lowest BCUT2D eigenvalue weighted by Crippen LogP contribution is -2.33. The third-order valence-electron chi connectivity index (χ3n) is 4.28. The molecule has 1 aliphatic rings. The van der Waals surface area contributed by atoms with Crippen LogP contribution in [0, 0.1) is 23.2 Å². The third kappa shape index (κ3) is 7.49. The van der Waals surface area contributed by atoms with Crippen molar-refractivity contribution in [1.29, 1.82) is 0 Å². The van der Waals surface area contributed by atoms with E-state index in [1.807, 2.05) is 0 Å². The summed E-state index contributed by atoms with van der Waals surface area (Å²) in [5.74, 6) is 0.125. The summed E-state index contributed by atoms with van der Waals surface area (Å²) in [6, 6.07) is 0. The summed E-state index contributed by atoms with van der Waals surface area (Å²) < 4.78 is 0. The Morgan fingerprint density at radius 1 is 1.19 bits per heavy atom. The van der Waals surface area contributed by atoms with E-state index >= 15 is 0 Å². The number of carbonyl (C=O) groups is 2. The molecular weight excluding hydrogens is 266 g/mol. The van der Waals surface area contributed by atoms with Crippen molar-refractivity contribution >= 4 is 11.9 Å². The maximum absolute atomic E-state index is 11.9. The van der Waals surface area contributed by atoms with E-state index in [0.29, 0.717) is 24.8 Å². The van der Waals surface area contributed by atoms with Crippen molar-refractivity contribution in [2.75, 3.05) is 6.54 Å². The zero-order valence-electron chi connectivity index (χ0n) is 13.9. The summed E-state index contributed by atoms with van der Waals surface area (Å²) >= 11 is 0. The minimum absolute atomic E-state index is 0.132. The van der Waals surface area contributed by atoms with Crippen LogP contribution in [-0.4, -0.2) is 23.5 Å². The summed E-state index contributed by atoms with van der Waals surface area (Å²) in [6.45, 7) is 9.42. The summed E-state index contributed by atoms with van der Waals surface area (Å²) in [6.07, 6.45) is 4.95. The zero-order chi connectivity index (χ0) is 16.0. The molecule has 2 N–H and O–H groups in total. The normalized spacial score (nSPS) is 24.4. The van der Waals surface area contributed by atoms with E-state index in [1.54, 1.807) is 0 Å². The summed E-state index contributed by atoms with van der Waals surface area (Å²) in [7, 11) is 0. The Morgan fingerprint density at radius 3 is 2.24 bits per heavy atom. The second kappa shape index (κ2) is 7.81. The Kier molecular flexibility index (Phi) is 6.69. The fraction of sp³-hybridized carbons (Fsp3) is 0.882. The highest BCUT2D eigenvalue weighted by atomic mass is 16.4. The molecule has 1 unspecified atom stereocenters. The van der Waals surface area contributed by atoms with Crippen LogP contribution in [0.3, 0.4) is 0 Å². The second-order valence-corrected chi connectivity index (χ2v) is 7.93. The Hall–Kier alpha value is -1.06. The number of hydrogen-bond acceptors (Lipinski definition) is 2. The molecule has 0 aromatic carbocycles. The van der Waals surface area contributed by atoms with Gasteiger partial charge in [0.05, 0.1) is 5.92 Å². The van der Waals surface area contributed by atoms with Gasteiger partial charge in [0, 0.05) is 13.0 Å². The SMILES string of the molecule is CC(CC(=O)NCC1CCC(C(=O)O)CC1)CC(C)(C)C. The largest absolute Gasteiger partial charge is 0.481 e. The first-order valence-electron chi connectivity index (χ1n) is 8.17. The number of amides is 1. The molecule has 1 saturated carbocycles. The van der Waals surface area contributed by atoms with Gasteiger partial charge in [0.1, 0.15) is 0 Å². The average molecular weight is 297 g/mol. The summed E-state index contributed by atoms with van der Waals surface area (Å²) in [5, 5.41) is 12.0. The maximum Gasteiger partial charge on any atom is 0.306 e. The number of rotatable bonds is 6. The van der Waals surface area contributed by atoms with Crippen LogP contribution < -0.4 is 5.32 Å². The van der Waals surface area contributed by atoms with Gasteiger partial charge in [0.25, 0.3) is 0 Å². The molecular formula is C17H31NO3. The monoisotopic (exact) mass is 297 g/mol. The van der Waals surface area contributed by atoms with Crippen molar-refractivity contribution in [3.05, 3.63) is 0 Å². The molecule has 0 spiro atoms. The Labute approximate surface area is 128 Å². The lowest BCUT2D eigenvalue weighted by molar-refractivity contribution is -0.143. The number of hydrogen-bond donors (Lipinski definition) is 2. The van der Waals surface area contributed by atoms with Crippen molar-refractivity contribution in [2.45, 2.75) is 66.2 Å². The van der Waals surface area contributed by atoms with Gasteiger partial charge in [-0.1, -0.05) is 27.7 Å². The second-order valence-electron chi connectivity index (χ2n) is 7.93. The Morgan fingerprint density at radius 2 is 1.76 bits per heavy atom. The van der Waals surface area contributed by atoms with Crippen LogP contribution in [0.15, 0.2) is 0 Å². The maximum atomic E-state index is 11.9. The summed E-state index contributed by atoms with van der Waals surface area (Å²) in [4.78, 5) is 22.8. The van der Waals surface area contributed by atoms with Gasteiger partial charge in [-0.05, 0) is 49.4 Å². The molecule has 0 radical (unpaired) electrons. The van der Waals surface area contributed by atoms with Crippen LogP contribution in [-0.2, 0) is 9.59 Å². The quantitative estimate of drug-likeness (QED) is 0.789. The summed E-state index contributed by atoms with van der Waals surface area (Å²) in [5.41, 5.74) is 0.259. The fourth-order valence-corrected chi connectivity index (χ4v) is 3.38. The first-order valence-corrected chi connectivity index (χ1v) is 8.17. The zero-order valence-corrected chi connectivity index (χ0v) is 13.9. The van der Waals surface area contributed by atoms with E-state index in [0.717, 1.165) is 32.1 Å². The molecule has 1 aliphatic carbocycles. The Bertz CT molecular complexity index is 352. The van der Waals surface area contributed by atoms with E-state index in [2.05, 4.69) is 33.0 Å². The highest BCUT2D eigenvalue weighted by Crippen LogP contribution is 2.29. The minimum Gasteiger partial charge on any atom is -0.481 e. The molecule has 4 nitrogen and oxygen atoms in total. The van der Waals surface area contributed by atoms with Crippen LogP contribution in [0.4, 0.5) is 0 Å². The molecule has 0 bridgehead atoms. The van der Waals surface area contributed by atoms with Crippen molar-refractivity contribution < 1.29 is 14.7 Å². The van der Waals surface area contributed by atoms with Crippen molar-refractivity contribution in [3.8, 4) is 0 Å². The predicted octanol–water partition coefficient (Wildman–Crippen LogP) is 3.46. The molecule has 4 heteroatoms. The molecule has 0 aromatic heterocycles. The van der Waals surface area contributed by atoms with Crippen LogP contribution in [0.25, 0.3) is 0 Å². The van der Waals surface area contributed by atoms with Crippen LogP contribution in [0.1, 0.15) is 66.2 Å². The van der Waals surface area contributed by atoms with Gasteiger partial charge in [-0.2, -0.15) is 0 Å². The first-order chi connectivity index (χ1) is 9.67. The van der Waals surface area contributed by atoms with Gasteiger partial charge in [0.2, 0.25) is 5.91 Å².